The predicted octanol–water partition coefficient (Wildman–Crippen LogP) is 3.19. The van der Waals surface area contributed by atoms with Gasteiger partial charge in [-0.2, -0.15) is 5.26 Å². The monoisotopic (exact) mass is 213 g/mol. The second kappa shape index (κ2) is 4.76. The van der Waals surface area contributed by atoms with Crippen molar-refractivity contribution >= 4 is 11.9 Å². The van der Waals surface area contributed by atoms with E-state index in [-0.39, 0.29) is 11.2 Å². The third-order valence-corrected chi connectivity index (χ3v) is 2.21. The van der Waals surface area contributed by atoms with Crippen molar-refractivity contribution in [1.82, 2.24) is 0 Å². The van der Waals surface area contributed by atoms with Crippen molar-refractivity contribution in [2.24, 2.45) is 5.41 Å². The molecule has 0 saturated heterocycles. The summed E-state index contributed by atoms with van der Waals surface area (Å²) in [6.07, 6.45) is 3.36. The second-order valence-electron chi connectivity index (χ2n) is 4.68. The summed E-state index contributed by atoms with van der Waals surface area (Å²) in [4.78, 5) is 11.6. The van der Waals surface area contributed by atoms with Crippen LogP contribution in [-0.2, 0) is 4.79 Å². The van der Waals surface area contributed by atoms with E-state index in [1.807, 2.05) is 32.9 Å². The molecule has 0 fully saturated rings. The average molecular weight is 213 g/mol. The molecule has 16 heavy (non-hydrogen) atoms. The summed E-state index contributed by atoms with van der Waals surface area (Å²) in [5.41, 5.74) is 1.21. The first-order valence-electron chi connectivity index (χ1n) is 5.16. The SMILES string of the molecule is CC(C)(C)C(=O)/C=C\c1ccc(C#N)cc1. The molecule has 0 radical (unpaired) electrons. The van der Waals surface area contributed by atoms with Crippen molar-refractivity contribution in [1.29, 1.82) is 5.26 Å². The van der Waals surface area contributed by atoms with Gasteiger partial charge in [0.15, 0.2) is 5.78 Å². The highest BCUT2D eigenvalue weighted by molar-refractivity contribution is 5.97. The van der Waals surface area contributed by atoms with Crippen LogP contribution in [0.1, 0.15) is 31.9 Å². The molecule has 0 aromatic heterocycles. The first kappa shape index (κ1) is 12.2. The standard InChI is InChI=1S/C14H15NO/c1-14(2,3)13(16)9-8-11-4-6-12(10-15)7-5-11/h4-9H,1-3H3/b9-8-. The molecule has 0 bridgehead atoms. The van der Waals surface area contributed by atoms with Gasteiger partial charge < -0.3 is 0 Å². The molecule has 0 aliphatic heterocycles. The maximum absolute atomic E-state index is 11.6. The van der Waals surface area contributed by atoms with Gasteiger partial charge in [-0.25, -0.2) is 0 Å². The molecule has 0 aliphatic rings. The molecule has 1 rings (SSSR count). The van der Waals surface area contributed by atoms with Crippen LogP contribution in [0.5, 0.6) is 0 Å². The molecule has 1 aromatic rings. The number of hydrogen-bond acceptors (Lipinski definition) is 2. The van der Waals surface area contributed by atoms with Crippen molar-refractivity contribution in [3.63, 3.8) is 0 Å². The summed E-state index contributed by atoms with van der Waals surface area (Å²) >= 11 is 0. The number of carbonyl (C=O) groups excluding carboxylic acids is 1. The Hall–Kier alpha value is -1.88. The lowest BCUT2D eigenvalue weighted by Crippen LogP contribution is -2.17. The van der Waals surface area contributed by atoms with Gasteiger partial charge in [0.05, 0.1) is 11.6 Å². The third-order valence-electron chi connectivity index (χ3n) is 2.21. The number of nitrogens with zero attached hydrogens (tertiary/aromatic N) is 1. The number of allylic oxidation sites excluding steroid dienone is 1. The van der Waals surface area contributed by atoms with Gasteiger partial charge in [-0.05, 0) is 23.8 Å². The lowest BCUT2D eigenvalue weighted by molar-refractivity contribution is -0.121. The molecule has 0 saturated carbocycles. The van der Waals surface area contributed by atoms with E-state index in [1.54, 1.807) is 24.3 Å². The number of benzene rings is 1. The number of hydrogen-bond donors (Lipinski definition) is 0. The van der Waals surface area contributed by atoms with Crippen molar-refractivity contribution in [2.45, 2.75) is 20.8 Å². The molecule has 0 spiro atoms. The zero-order valence-electron chi connectivity index (χ0n) is 9.82. The van der Waals surface area contributed by atoms with Crippen LogP contribution in [0.15, 0.2) is 30.3 Å². The summed E-state index contributed by atoms with van der Waals surface area (Å²) in [6.45, 7) is 5.66. The van der Waals surface area contributed by atoms with Crippen LogP contribution >= 0.6 is 0 Å². The lowest BCUT2D eigenvalue weighted by Gasteiger charge is -2.12. The minimum absolute atomic E-state index is 0.0943. The summed E-state index contributed by atoms with van der Waals surface area (Å²) in [5.74, 6) is 0.0943. The maximum atomic E-state index is 11.6. The Morgan fingerprint density at radius 1 is 1.25 bits per heavy atom. The fourth-order valence-electron chi connectivity index (χ4n) is 1.09. The van der Waals surface area contributed by atoms with Gasteiger partial charge in [0.1, 0.15) is 0 Å². The Kier molecular flexibility index (Phi) is 3.63. The van der Waals surface area contributed by atoms with Crippen LogP contribution in [0, 0.1) is 16.7 Å². The minimum Gasteiger partial charge on any atom is -0.294 e. The van der Waals surface area contributed by atoms with Crippen molar-refractivity contribution in [3.8, 4) is 6.07 Å². The molecule has 0 atom stereocenters. The number of nitriles is 1. The van der Waals surface area contributed by atoms with Crippen LogP contribution in [0.2, 0.25) is 0 Å². The molecular weight excluding hydrogens is 198 g/mol. The topological polar surface area (TPSA) is 40.9 Å². The summed E-state index contributed by atoms with van der Waals surface area (Å²) in [5, 5.41) is 8.63. The van der Waals surface area contributed by atoms with Gasteiger partial charge in [-0.3, -0.25) is 4.79 Å². The molecule has 0 amide bonds. The van der Waals surface area contributed by atoms with Crippen molar-refractivity contribution in [3.05, 3.63) is 41.5 Å². The normalized spacial score (nSPS) is 11.4. The molecular formula is C14H15NO. The van der Waals surface area contributed by atoms with Gasteiger partial charge in [0.25, 0.3) is 0 Å². The fraction of sp³-hybridized carbons (Fsp3) is 0.286. The molecule has 0 unspecified atom stereocenters. The summed E-state index contributed by atoms with van der Waals surface area (Å²) in [7, 11) is 0. The van der Waals surface area contributed by atoms with Crippen molar-refractivity contribution in [2.75, 3.05) is 0 Å². The largest absolute Gasteiger partial charge is 0.294 e. The van der Waals surface area contributed by atoms with E-state index in [9.17, 15) is 4.79 Å². The minimum atomic E-state index is -0.344. The zero-order chi connectivity index (χ0) is 12.2. The van der Waals surface area contributed by atoms with Gasteiger partial charge >= 0.3 is 0 Å². The fourth-order valence-corrected chi connectivity index (χ4v) is 1.09. The Morgan fingerprint density at radius 2 is 1.81 bits per heavy atom. The molecule has 1 aromatic carbocycles. The van der Waals surface area contributed by atoms with E-state index in [2.05, 4.69) is 6.07 Å². The van der Waals surface area contributed by atoms with E-state index < -0.39 is 0 Å². The number of rotatable bonds is 2. The van der Waals surface area contributed by atoms with Crippen LogP contribution in [0.3, 0.4) is 0 Å². The molecule has 2 heteroatoms. The molecule has 82 valence electrons. The van der Waals surface area contributed by atoms with E-state index in [0.717, 1.165) is 5.56 Å². The van der Waals surface area contributed by atoms with Crippen molar-refractivity contribution < 1.29 is 4.79 Å². The number of ketones is 1. The highest BCUT2D eigenvalue weighted by Gasteiger charge is 2.17. The van der Waals surface area contributed by atoms with E-state index in [4.69, 9.17) is 5.26 Å². The Balaban J connectivity index is 2.78. The Labute approximate surface area is 96.2 Å². The molecule has 0 heterocycles. The summed E-state index contributed by atoms with van der Waals surface area (Å²) < 4.78 is 0. The van der Waals surface area contributed by atoms with Crippen LogP contribution in [0.25, 0.3) is 6.08 Å². The quantitative estimate of drug-likeness (QED) is 0.708. The second-order valence-corrected chi connectivity index (χ2v) is 4.68. The summed E-state index contributed by atoms with van der Waals surface area (Å²) in [6, 6.07) is 9.18. The van der Waals surface area contributed by atoms with Gasteiger partial charge in [-0.15, -0.1) is 0 Å². The lowest BCUT2D eigenvalue weighted by atomic mass is 9.90. The van der Waals surface area contributed by atoms with Crippen LogP contribution in [0.4, 0.5) is 0 Å². The highest BCUT2D eigenvalue weighted by Crippen LogP contribution is 2.16. The smallest absolute Gasteiger partial charge is 0.161 e. The van der Waals surface area contributed by atoms with Crippen LogP contribution < -0.4 is 0 Å². The molecule has 2 nitrogen and oxygen atoms in total. The zero-order valence-corrected chi connectivity index (χ0v) is 9.82. The van der Waals surface area contributed by atoms with E-state index in [0.29, 0.717) is 5.56 Å². The van der Waals surface area contributed by atoms with Gasteiger partial charge in [0.2, 0.25) is 0 Å². The third kappa shape index (κ3) is 3.36. The number of carbonyl (C=O) groups is 1. The average Bonchev–Trinajstić information content (AvgIpc) is 2.25. The molecule has 0 N–H and O–H groups in total. The highest BCUT2D eigenvalue weighted by atomic mass is 16.1. The van der Waals surface area contributed by atoms with E-state index >= 15 is 0 Å². The first-order valence-corrected chi connectivity index (χ1v) is 5.16. The van der Waals surface area contributed by atoms with E-state index in [1.165, 1.54) is 0 Å². The van der Waals surface area contributed by atoms with Gasteiger partial charge in [-0.1, -0.05) is 39.0 Å². The maximum Gasteiger partial charge on any atom is 0.161 e. The predicted molar refractivity (Wildman–Crippen MR) is 64.7 cm³/mol. The van der Waals surface area contributed by atoms with Gasteiger partial charge in [0, 0.05) is 5.41 Å². The molecule has 0 aliphatic carbocycles. The Morgan fingerprint density at radius 3 is 2.25 bits per heavy atom. The van der Waals surface area contributed by atoms with Crippen LogP contribution in [-0.4, -0.2) is 5.78 Å². The first-order chi connectivity index (χ1) is 7.43. The Bertz CT molecular complexity index is 441.